The van der Waals surface area contributed by atoms with E-state index >= 15 is 0 Å². The van der Waals surface area contributed by atoms with Gasteiger partial charge in [-0.2, -0.15) is 0 Å². The second-order valence-electron chi connectivity index (χ2n) is 6.00. The van der Waals surface area contributed by atoms with Gasteiger partial charge in [0.05, 0.1) is 6.61 Å². The third-order valence-corrected chi connectivity index (χ3v) is 5.51. The number of furan rings is 1. The first-order valence-electron chi connectivity index (χ1n) is 8.38. The number of hydrogen-bond acceptors (Lipinski definition) is 6. The van der Waals surface area contributed by atoms with Crippen molar-refractivity contribution in [2.45, 2.75) is 23.2 Å². The summed E-state index contributed by atoms with van der Waals surface area (Å²) < 4.78 is 15.9. The smallest absolute Gasteiger partial charge is 0.375 e. The Morgan fingerprint density at radius 3 is 2.70 bits per heavy atom. The molecule has 1 aliphatic rings. The Bertz CT molecular complexity index is 995. The van der Waals surface area contributed by atoms with E-state index < -0.39 is 18.0 Å². The highest BCUT2D eigenvalue weighted by Gasteiger charge is 2.32. The van der Waals surface area contributed by atoms with Gasteiger partial charge in [-0.1, -0.05) is 29.8 Å². The summed E-state index contributed by atoms with van der Waals surface area (Å²) >= 11 is 7.48. The molecule has 27 heavy (non-hydrogen) atoms. The van der Waals surface area contributed by atoms with Gasteiger partial charge in [0.25, 0.3) is 0 Å². The predicted octanol–water partition coefficient (Wildman–Crippen LogP) is 4.85. The number of esters is 2. The molecule has 138 valence electrons. The van der Waals surface area contributed by atoms with E-state index in [9.17, 15) is 9.59 Å². The molecule has 0 unspecified atom stereocenters. The highest BCUT2D eigenvalue weighted by Crippen LogP contribution is 2.33. The van der Waals surface area contributed by atoms with E-state index in [0.29, 0.717) is 22.8 Å². The summed E-state index contributed by atoms with van der Waals surface area (Å²) in [6.07, 6.45) is -0.512. The van der Waals surface area contributed by atoms with Gasteiger partial charge in [0.1, 0.15) is 5.58 Å². The summed E-state index contributed by atoms with van der Waals surface area (Å²) in [5.41, 5.74) is 1.34. The second kappa shape index (κ2) is 7.66. The van der Waals surface area contributed by atoms with Crippen molar-refractivity contribution in [1.82, 2.24) is 0 Å². The predicted molar refractivity (Wildman–Crippen MR) is 102 cm³/mol. The van der Waals surface area contributed by atoms with Gasteiger partial charge in [-0.15, -0.1) is 11.8 Å². The molecule has 0 N–H and O–H groups in total. The first kappa shape index (κ1) is 17.9. The molecule has 0 saturated carbocycles. The number of para-hydroxylation sites is 1. The summed E-state index contributed by atoms with van der Waals surface area (Å²) in [6, 6.07) is 14.9. The van der Waals surface area contributed by atoms with Crippen LogP contribution in [0.1, 0.15) is 22.5 Å². The van der Waals surface area contributed by atoms with Gasteiger partial charge in [-0.3, -0.25) is 0 Å². The molecule has 1 aliphatic heterocycles. The normalized spacial score (nSPS) is 16.5. The van der Waals surface area contributed by atoms with Crippen LogP contribution in [0.5, 0.6) is 0 Å². The fraction of sp³-hybridized carbons (Fsp3) is 0.200. The number of benzene rings is 2. The maximum Gasteiger partial charge on any atom is 0.375 e. The van der Waals surface area contributed by atoms with E-state index in [2.05, 4.69) is 0 Å². The van der Waals surface area contributed by atoms with Crippen LogP contribution < -0.4 is 0 Å². The maximum absolute atomic E-state index is 12.6. The van der Waals surface area contributed by atoms with E-state index in [1.54, 1.807) is 17.8 Å². The lowest BCUT2D eigenvalue weighted by Crippen LogP contribution is -2.22. The highest BCUT2D eigenvalue weighted by molar-refractivity contribution is 7.98. The number of carbonyl (C=O) groups is 2. The average molecular weight is 403 g/mol. The second-order valence-corrected chi connectivity index (χ2v) is 7.48. The lowest BCUT2D eigenvalue weighted by atomic mass is 10.1. The number of hydrogen-bond donors (Lipinski definition) is 0. The Hall–Kier alpha value is -2.44. The minimum absolute atomic E-state index is 0.123. The van der Waals surface area contributed by atoms with Crippen LogP contribution >= 0.6 is 23.4 Å². The van der Waals surface area contributed by atoms with Crippen LogP contribution in [0.4, 0.5) is 0 Å². The lowest BCUT2D eigenvalue weighted by molar-refractivity contribution is -0.145. The molecule has 1 aromatic heterocycles. The van der Waals surface area contributed by atoms with E-state index in [1.807, 2.05) is 42.5 Å². The third-order valence-electron chi connectivity index (χ3n) is 4.22. The number of rotatable bonds is 5. The average Bonchev–Trinajstić information content (AvgIpc) is 3.25. The van der Waals surface area contributed by atoms with E-state index in [4.69, 9.17) is 25.5 Å². The molecule has 2 heterocycles. The molecule has 0 bridgehead atoms. The fourth-order valence-corrected chi connectivity index (χ4v) is 3.91. The molecule has 7 heteroatoms. The summed E-state index contributed by atoms with van der Waals surface area (Å²) in [5.74, 6) is -0.534. The Morgan fingerprint density at radius 1 is 1.19 bits per heavy atom. The van der Waals surface area contributed by atoms with Crippen LogP contribution in [0.25, 0.3) is 11.0 Å². The molecule has 0 spiro atoms. The third kappa shape index (κ3) is 3.82. The number of cyclic esters (lactones) is 1. The van der Waals surface area contributed by atoms with Crippen LogP contribution in [0, 0.1) is 0 Å². The van der Waals surface area contributed by atoms with Gasteiger partial charge in [-0.05, 0) is 30.3 Å². The first-order chi connectivity index (χ1) is 13.1. The monoisotopic (exact) mass is 402 g/mol. The molecule has 0 amide bonds. The minimum Gasteiger partial charge on any atom is -0.463 e. The van der Waals surface area contributed by atoms with Crippen molar-refractivity contribution in [2.24, 2.45) is 0 Å². The van der Waals surface area contributed by atoms with Gasteiger partial charge in [0.15, 0.2) is 0 Å². The molecule has 1 atom stereocenters. The molecule has 1 saturated heterocycles. The Morgan fingerprint density at radius 2 is 1.96 bits per heavy atom. The van der Waals surface area contributed by atoms with Gasteiger partial charge in [-0.25, -0.2) is 9.59 Å². The van der Waals surface area contributed by atoms with Crippen LogP contribution in [0.15, 0.2) is 57.8 Å². The van der Waals surface area contributed by atoms with Crippen LogP contribution in [0.2, 0.25) is 5.02 Å². The van der Waals surface area contributed by atoms with Crippen molar-refractivity contribution >= 4 is 46.3 Å². The van der Waals surface area contributed by atoms with Crippen LogP contribution in [-0.4, -0.2) is 24.6 Å². The number of carbonyl (C=O) groups excluding carboxylic acids is 2. The summed E-state index contributed by atoms with van der Waals surface area (Å²) in [7, 11) is 0. The van der Waals surface area contributed by atoms with Crippen molar-refractivity contribution in [3.8, 4) is 0 Å². The Kier molecular flexibility index (Phi) is 5.09. The standard InChI is InChI=1S/C20H15ClO5S/c21-12-5-7-13(8-6-12)27-11-15-14-3-1-2-4-16(14)25-18(15)20(23)26-17-9-10-24-19(17)22/h1-8,17H,9-11H2/t17-/m0/s1. The van der Waals surface area contributed by atoms with Gasteiger partial charge >= 0.3 is 11.9 Å². The molecule has 0 aliphatic carbocycles. The quantitative estimate of drug-likeness (QED) is 0.449. The zero-order chi connectivity index (χ0) is 18.8. The first-order valence-corrected chi connectivity index (χ1v) is 9.74. The van der Waals surface area contributed by atoms with Crippen molar-refractivity contribution in [2.75, 3.05) is 6.61 Å². The molecule has 3 aromatic rings. The van der Waals surface area contributed by atoms with Crippen LogP contribution in [0.3, 0.4) is 0 Å². The van der Waals surface area contributed by atoms with E-state index in [-0.39, 0.29) is 12.4 Å². The summed E-state index contributed by atoms with van der Waals surface area (Å²) in [5, 5.41) is 1.51. The van der Waals surface area contributed by atoms with E-state index in [1.165, 1.54) is 0 Å². The Labute approximate surface area is 164 Å². The van der Waals surface area contributed by atoms with E-state index in [0.717, 1.165) is 15.8 Å². The van der Waals surface area contributed by atoms with Gasteiger partial charge in [0.2, 0.25) is 11.9 Å². The highest BCUT2D eigenvalue weighted by atomic mass is 35.5. The van der Waals surface area contributed by atoms with Crippen molar-refractivity contribution in [1.29, 1.82) is 0 Å². The Balaban J connectivity index is 1.61. The van der Waals surface area contributed by atoms with Crippen molar-refractivity contribution < 1.29 is 23.5 Å². The van der Waals surface area contributed by atoms with Crippen molar-refractivity contribution in [3.63, 3.8) is 0 Å². The van der Waals surface area contributed by atoms with Crippen LogP contribution in [-0.2, 0) is 20.0 Å². The molecule has 1 fully saturated rings. The van der Waals surface area contributed by atoms with Crippen molar-refractivity contribution in [3.05, 3.63) is 64.9 Å². The number of thioether (sulfide) groups is 1. The number of fused-ring (bicyclic) bond motifs is 1. The minimum atomic E-state index is -0.873. The molecule has 2 aromatic carbocycles. The van der Waals surface area contributed by atoms with Gasteiger partial charge in [0, 0.05) is 33.0 Å². The molecule has 5 nitrogen and oxygen atoms in total. The van der Waals surface area contributed by atoms with Gasteiger partial charge < -0.3 is 13.9 Å². The molecule has 4 rings (SSSR count). The zero-order valence-electron chi connectivity index (χ0n) is 14.1. The molecule has 0 radical (unpaired) electrons. The molecular weight excluding hydrogens is 388 g/mol. The SMILES string of the molecule is O=C(O[C@H]1CCOC1=O)c1oc2ccccc2c1CSc1ccc(Cl)cc1. The fourth-order valence-electron chi connectivity index (χ4n) is 2.86. The molecular formula is C20H15ClO5S. The lowest BCUT2D eigenvalue weighted by Gasteiger charge is -2.08. The number of ether oxygens (including phenoxy) is 2. The number of halogens is 1. The summed E-state index contributed by atoms with van der Waals surface area (Å²) in [4.78, 5) is 25.3. The maximum atomic E-state index is 12.6. The summed E-state index contributed by atoms with van der Waals surface area (Å²) in [6.45, 7) is 0.260. The largest absolute Gasteiger partial charge is 0.463 e. The topological polar surface area (TPSA) is 65.7 Å². The zero-order valence-corrected chi connectivity index (χ0v) is 15.7.